The highest BCUT2D eigenvalue weighted by Gasteiger charge is 2.57. The Morgan fingerprint density at radius 3 is 2.29 bits per heavy atom. The van der Waals surface area contributed by atoms with Crippen LogP contribution in [0.15, 0.2) is 45.5 Å². The smallest absolute Gasteiger partial charge is 0.257 e. The van der Waals surface area contributed by atoms with E-state index in [2.05, 4.69) is 15.9 Å². The number of carbonyl (C=O) groups excluding carboxylic acids is 4. The fourth-order valence-corrected chi connectivity index (χ4v) is 6.18. The number of methoxy groups -OCH3 is 2. The summed E-state index contributed by atoms with van der Waals surface area (Å²) in [4.78, 5) is 51.8. The molecule has 4 unspecified atom stereocenters. The summed E-state index contributed by atoms with van der Waals surface area (Å²) in [5.41, 5.74) is 1.58. The quantitative estimate of drug-likeness (QED) is 0.264. The molecule has 0 spiro atoms. The van der Waals surface area contributed by atoms with Crippen LogP contribution in [0.3, 0.4) is 0 Å². The summed E-state index contributed by atoms with van der Waals surface area (Å²) in [6.45, 7) is 0. The Morgan fingerprint density at radius 1 is 1.03 bits per heavy atom. The molecule has 0 radical (unpaired) electrons. The molecule has 34 heavy (non-hydrogen) atoms. The number of ketones is 2. The van der Waals surface area contributed by atoms with E-state index < -0.39 is 35.5 Å². The number of amides is 2. The summed E-state index contributed by atoms with van der Waals surface area (Å²) in [6, 6.07) is 2.77. The largest absolute Gasteiger partial charge is 0.508 e. The molecule has 1 saturated heterocycles. The number of benzene rings is 1. The molecule has 4 atom stereocenters. The number of aromatic hydroxyl groups is 1. The highest BCUT2D eigenvalue weighted by Crippen LogP contribution is 2.57. The van der Waals surface area contributed by atoms with Crippen molar-refractivity contribution in [1.82, 2.24) is 5.06 Å². The maximum atomic E-state index is 13.3. The van der Waals surface area contributed by atoms with Crippen LogP contribution in [-0.4, -0.2) is 53.0 Å². The topological polar surface area (TPSA) is 130 Å². The maximum Gasteiger partial charge on any atom is 0.257 e. The van der Waals surface area contributed by atoms with E-state index in [1.165, 1.54) is 32.4 Å². The standard InChI is InChI=1S/C24H20BrNO8/c1-33-16-5-9(27)6-17(34-2)21(16)20-10-3-4-11-18(24(31)26(32)23(11)30)12(10)7-13-19(20)15(28)8-14(25)22(13)29/h3,5-6,8,11-12,18,20,27,32H,4,7H2,1-2H3. The molecule has 1 aliphatic heterocycles. The van der Waals surface area contributed by atoms with Gasteiger partial charge in [0, 0.05) is 40.8 Å². The summed E-state index contributed by atoms with van der Waals surface area (Å²) in [7, 11) is 2.82. The van der Waals surface area contributed by atoms with E-state index in [-0.39, 0.29) is 62.3 Å². The van der Waals surface area contributed by atoms with E-state index in [0.29, 0.717) is 11.1 Å². The highest BCUT2D eigenvalue weighted by atomic mass is 79.9. The predicted molar refractivity (Wildman–Crippen MR) is 119 cm³/mol. The van der Waals surface area contributed by atoms with Gasteiger partial charge in [0.05, 0.1) is 30.5 Å². The van der Waals surface area contributed by atoms with Gasteiger partial charge in [-0.15, -0.1) is 0 Å². The molecule has 5 rings (SSSR count). The SMILES string of the molecule is COc1cc(O)cc(OC)c1C1C2=CCC3C(=O)N(O)C(=O)C3C2CC2=C1C(=O)C=C(Br)C2=O. The van der Waals surface area contributed by atoms with Crippen molar-refractivity contribution in [3.8, 4) is 17.2 Å². The minimum absolute atomic E-state index is 0.0714. The number of phenolic OH excluding ortho intramolecular Hbond substituents is 1. The highest BCUT2D eigenvalue weighted by molar-refractivity contribution is 9.12. The van der Waals surface area contributed by atoms with E-state index in [1.54, 1.807) is 0 Å². The number of ether oxygens (including phenoxy) is 2. The molecule has 0 saturated carbocycles. The number of hydroxylamine groups is 2. The first-order chi connectivity index (χ1) is 16.2. The van der Waals surface area contributed by atoms with Crippen LogP contribution in [0.4, 0.5) is 0 Å². The van der Waals surface area contributed by atoms with Gasteiger partial charge in [-0.2, -0.15) is 5.06 Å². The third-order valence-electron chi connectivity index (χ3n) is 7.13. The Hall–Kier alpha value is -3.24. The van der Waals surface area contributed by atoms with Gasteiger partial charge in [0.1, 0.15) is 17.2 Å². The third kappa shape index (κ3) is 3.01. The molecule has 1 heterocycles. The van der Waals surface area contributed by atoms with E-state index >= 15 is 0 Å². The number of imide groups is 1. The summed E-state index contributed by atoms with van der Waals surface area (Å²) < 4.78 is 11.2. The number of carbonyl (C=O) groups is 4. The van der Waals surface area contributed by atoms with Crippen molar-refractivity contribution in [2.75, 3.05) is 14.2 Å². The molecule has 1 fully saturated rings. The number of rotatable bonds is 3. The van der Waals surface area contributed by atoms with Crippen molar-refractivity contribution in [3.63, 3.8) is 0 Å². The first-order valence-electron chi connectivity index (χ1n) is 10.6. The number of phenols is 1. The lowest BCUT2D eigenvalue weighted by Crippen LogP contribution is -2.39. The lowest BCUT2D eigenvalue weighted by molar-refractivity contribution is -0.173. The van der Waals surface area contributed by atoms with Crippen molar-refractivity contribution in [3.05, 3.63) is 51.0 Å². The summed E-state index contributed by atoms with van der Waals surface area (Å²) in [5.74, 6) is -4.81. The molecule has 2 amide bonds. The molecule has 0 aromatic heterocycles. The van der Waals surface area contributed by atoms with E-state index in [4.69, 9.17) is 9.47 Å². The van der Waals surface area contributed by atoms with Crippen LogP contribution in [0.25, 0.3) is 0 Å². The lowest BCUT2D eigenvalue weighted by Gasteiger charge is -2.42. The monoisotopic (exact) mass is 529 g/mol. The van der Waals surface area contributed by atoms with E-state index in [0.717, 1.165) is 0 Å². The molecule has 0 bridgehead atoms. The lowest BCUT2D eigenvalue weighted by atomic mass is 9.59. The van der Waals surface area contributed by atoms with Gasteiger partial charge in [-0.25, -0.2) is 0 Å². The number of Topliss-reactive ketones (excluding diaryl/α,β-unsaturated/α-hetero) is 1. The molecular formula is C24H20BrNO8. The normalized spacial score (nSPS) is 28.3. The van der Waals surface area contributed by atoms with Crippen molar-refractivity contribution in [1.29, 1.82) is 0 Å². The van der Waals surface area contributed by atoms with Crippen LogP contribution in [0, 0.1) is 17.8 Å². The molecule has 1 aromatic rings. The molecule has 1 aromatic carbocycles. The molecular weight excluding hydrogens is 510 g/mol. The Morgan fingerprint density at radius 2 is 1.68 bits per heavy atom. The van der Waals surface area contributed by atoms with Gasteiger partial charge < -0.3 is 14.6 Å². The van der Waals surface area contributed by atoms with Crippen LogP contribution >= 0.6 is 15.9 Å². The number of hydrogen-bond acceptors (Lipinski definition) is 8. The maximum absolute atomic E-state index is 13.3. The van der Waals surface area contributed by atoms with Crippen LogP contribution in [0.1, 0.15) is 24.3 Å². The van der Waals surface area contributed by atoms with Gasteiger partial charge >= 0.3 is 0 Å². The van der Waals surface area contributed by atoms with Gasteiger partial charge in [-0.3, -0.25) is 24.4 Å². The third-order valence-corrected chi connectivity index (χ3v) is 7.71. The van der Waals surface area contributed by atoms with Gasteiger partial charge in [0.15, 0.2) is 11.6 Å². The Balaban J connectivity index is 1.79. The zero-order valence-corrected chi connectivity index (χ0v) is 19.8. The first-order valence-corrected chi connectivity index (χ1v) is 11.4. The zero-order valence-electron chi connectivity index (χ0n) is 18.2. The average molecular weight is 530 g/mol. The van der Waals surface area contributed by atoms with Crippen molar-refractivity contribution in [2.45, 2.75) is 18.8 Å². The second-order valence-electron chi connectivity index (χ2n) is 8.65. The molecule has 4 aliphatic rings. The second kappa shape index (κ2) is 7.92. The van der Waals surface area contributed by atoms with E-state index in [9.17, 15) is 29.5 Å². The van der Waals surface area contributed by atoms with Crippen molar-refractivity contribution < 1.29 is 39.0 Å². The molecule has 9 nitrogen and oxygen atoms in total. The van der Waals surface area contributed by atoms with Crippen molar-refractivity contribution >= 4 is 39.3 Å². The molecule has 176 valence electrons. The van der Waals surface area contributed by atoms with Gasteiger partial charge in [0.2, 0.25) is 0 Å². The predicted octanol–water partition coefficient (Wildman–Crippen LogP) is 2.56. The first kappa shape index (κ1) is 22.5. The zero-order chi connectivity index (χ0) is 24.5. The molecule has 2 N–H and O–H groups in total. The van der Waals surface area contributed by atoms with Crippen LogP contribution < -0.4 is 9.47 Å². The number of nitrogens with zero attached hydrogens (tertiary/aromatic N) is 1. The molecule has 3 aliphatic carbocycles. The van der Waals surface area contributed by atoms with E-state index in [1.807, 2.05) is 6.08 Å². The Bertz CT molecular complexity index is 1250. The number of hydrogen-bond donors (Lipinski definition) is 2. The van der Waals surface area contributed by atoms with Gasteiger partial charge in [0.25, 0.3) is 11.8 Å². The Kier molecular flexibility index (Phi) is 5.25. The minimum atomic E-state index is -0.865. The fourth-order valence-electron chi connectivity index (χ4n) is 5.73. The van der Waals surface area contributed by atoms with Crippen molar-refractivity contribution in [2.24, 2.45) is 17.8 Å². The van der Waals surface area contributed by atoms with Gasteiger partial charge in [-0.05, 0) is 34.7 Å². The average Bonchev–Trinajstić information content (AvgIpc) is 3.04. The minimum Gasteiger partial charge on any atom is -0.508 e. The summed E-state index contributed by atoms with van der Waals surface area (Å²) in [5, 5.41) is 20.3. The van der Waals surface area contributed by atoms with Crippen LogP contribution in [0.5, 0.6) is 17.2 Å². The van der Waals surface area contributed by atoms with Crippen LogP contribution in [0.2, 0.25) is 0 Å². The van der Waals surface area contributed by atoms with Crippen LogP contribution in [-0.2, 0) is 19.2 Å². The number of fused-ring (bicyclic) bond motifs is 3. The van der Waals surface area contributed by atoms with Gasteiger partial charge in [-0.1, -0.05) is 11.6 Å². The summed E-state index contributed by atoms with van der Waals surface area (Å²) >= 11 is 3.16. The fraction of sp³-hybridized carbons (Fsp3) is 0.333. The number of halogens is 1. The second-order valence-corrected chi connectivity index (χ2v) is 9.50. The number of allylic oxidation sites excluding steroid dienone is 6. The molecule has 10 heteroatoms. The summed E-state index contributed by atoms with van der Waals surface area (Å²) in [6.07, 6.45) is 3.30. The Labute approximate surface area is 202 Å².